The fraction of sp³-hybridized carbons (Fsp3) is 0.417. The molecule has 0 aromatic heterocycles. The highest BCUT2D eigenvalue weighted by Crippen LogP contribution is 2.17. The van der Waals surface area contributed by atoms with Crippen LogP contribution in [-0.4, -0.2) is 18.5 Å². The predicted octanol–water partition coefficient (Wildman–Crippen LogP) is 2.53. The Morgan fingerprint density at radius 3 is 2.81 bits per heavy atom. The molecule has 2 rings (SSSR count). The van der Waals surface area contributed by atoms with Gasteiger partial charge >= 0.3 is 0 Å². The number of nitrogens with one attached hydrogen (secondary N) is 2. The van der Waals surface area contributed by atoms with Gasteiger partial charge in [-0.2, -0.15) is 0 Å². The molecule has 0 radical (unpaired) electrons. The fourth-order valence-electron chi connectivity index (χ4n) is 1.88. The number of hydrogen-bond donors (Lipinski definition) is 2. The van der Waals surface area contributed by atoms with Crippen LogP contribution in [0.25, 0.3) is 0 Å². The SMILES string of the molecule is O=C1CC(Nc2ccc(Br)cc2)CCCN1. The van der Waals surface area contributed by atoms with E-state index in [0.717, 1.165) is 29.5 Å². The van der Waals surface area contributed by atoms with Crippen LogP contribution in [0, 0.1) is 0 Å². The van der Waals surface area contributed by atoms with E-state index in [4.69, 9.17) is 0 Å². The maximum atomic E-state index is 11.4. The fourth-order valence-corrected chi connectivity index (χ4v) is 2.14. The Morgan fingerprint density at radius 1 is 1.31 bits per heavy atom. The molecule has 86 valence electrons. The molecule has 1 saturated heterocycles. The summed E-state index contributed by atoms with van der Waals surface area (Å²) in [5.41, 5.74) is 1.07. The van der Waals surface area contributed by atoms with Crippen LogP contribution in [0.5, 0.6) is 0 Å². The summed E-state index contributed by atoms with van der Waals surface area (Å²) in [6.45, 7) is 0.803. The summed E-state index contributed by atoms with van der Waals surface area (Å²) in [6.07, 6.45) is 2.64. The van der Waals surface area contributed by atoms with Gasteiger partial charge in [0, 0.05) is 29.2 Å². The summed E-state index contributed by atoms with van der Waals surface area (Å²) < 4.78 is 1.07. The summed E-state index contributed by atoms with van der Waals surface area (Å²) >= 11 is 3.40. The van der Waals surface area contributed by atoms with Crippen LogP contribution in [0.2, 0.25) is 0 Å². The van der Waals surface area contributed by atoms with Crippen LogP contribution in [0.3, 0.4) is 0 Å². The van der Waals surface area contributed by atoms with Gasteiger partial charge in [-0.25, -0.2) is 0 Å². The molecule has 16 heavy (non-hydrogen) atoms. The normalized spacial score (nSPS) is 21.1. The quantitative estimate of drug-likeness (QED) is 0.875. The van der Waals surface area contributed by atoms with Crippen LogP contribution in [0.15, 0.2) is 28.7 Å². The Bertz CT molecular complexity index is 364. The third-order valence-corrected chi connectivity index (χ3v) is 3.23. The first-order chi connectivity index (χ1) is 7.74. The zero-order chi connectivity index (χ0) is 11.4. The van der Waals surface area contributed by atoms with Gasteiger partial charge in [0.15, 0.2) is 0 Å². The maximum absolute atomic E-state index is 11.4. The smallest absolute Gasteiger partial charge is 0.222 e. The molecule has 0 bridgehead atoms. The number of anilines is 1. The molecule has 1 heterocycles. The van der Waals surface area contributed by atoms with E-state index in [1.165, 1.54) is 0 Å². The van der Waals surface area contributed by atoms with Gasteiger partial charge in [0.1, 0.15) is 0 Å². The van der Waals surface area contributed by atoms with Gasteiger partial charge in [0.05, 0.1) is 0 Å². The van der Waals surface area contributed by atoms with Gasteiger partial charge in [-0.1, -0.05) is 15.9 Å². The van der Waals surface area contributed by atoms with Gasteiger partial charge < -0.3 is 10.6 Å². The van der Waals surface area contributed by atoms with E-state index in [-0.39, 0.29) is 11.9 Å². The van der Waals surface area contributed by atoms with Crippen LogP contribution < -0.4 is 10.6 Å². The zero-order valence-electron chi connectivity index (χ0n) is 9.00. The molecular weight excluding hydrogens is 268 g/mol. The molecule has 0 aliphatic carbocycles. The first kappa shape index (κ1) is 11.5. The third kappa shape index (κ3) is 3.23. The number of carbonyl (C=O) groups excluding carboxylic acids is 1. The Morgan fingerprint density at radius 2 is 2.06 bits per heavy atom. The Labute approximate surface area is 104 Å². The van der Waals surface area contributed by atoms with Crippen molar-refractivity contribution in [3.05, 3.63) is 28.7 Å². The number of benzene rings is 1. The van der Waals surface area contributed by atoms with Crippen molar-refractivity contribution in [2.45, 2.75) is 25.3 Å². The van der Waals surface area contributed by atoms with Crippen molar-refractivity contribution in [3.63, 3.8) is 0 Å². The topological polar surface area (TPSA) is 41.1 Å². The van der Waals surface area contributed by atoms with Crippen molar-refractivity contribution < 1.29 is 4.79 Å². The lowest BCUT2D eigenvalue weighted by Gasteiger charge is -2.16. The minimum absolute atomic E-state index is 0.145. The van der Waals surface area contributed by atoms with Gasteiger partial charge in [-0.3, -0.25) is 4.79 Å². The first-order valence-corrected chi connectivity index (χ1v) is 6.32. The van der Waals surface area contributed by atoms with E-state index < -0.39 is 0 Å². The van der Waals surface area contributed by atoms with Gasteiger partial charge in [-0.05, 0) is 37.1 Å². The molecule has 0 spiro atoms. The van der Waals surface area contributed by atoms with Crippen molar-refractivity contribution in [2.24, 2.45) is 0 Å². The van der Waals surface area contributed by atoms with Crippen LogP contribution in [0.1, 0.15) is 19.3 Å². The molecule has 2 N–H and O–H groups in total. The van der Waals surface area contributed by atoms with Gasteiger partial charge in [0.2, 0.25) is 5.91 Å². The Kier molecular flexibility index (Phi) is 3.83. The summed E-state index contributed by atoms with van der Waals surface area (Å²) in [4.78, 5) is 11.4. The number of hydrogen-bond acceptors (Lipinski definition) is 2. The molecule has 1 fully saturated rings. The monoisotopic (exact) mass is 282 g/mol. The van der Waals surface area contributed by atoms with Crippen molar-refractivity contribution in [3.8, 4) is 0 Å². The van der Waals surface area contributed by atoms with Crippen LogP contribution >= 0.6 is 15.9 Å². The molecular formula is C12H15BrN2O. The highest BCUT2D eigenvalue weighted by atomic mass is 79.9. The largest absolute Gasteiger partial charge is 0.382 e. The molecule has 1 aromatic carbocycles. The lowest BCUT2D eigenvalue weighted by molar-refractivity contribution is -0.120. The van der Waals surface area contributed by atoms with Crippen molar-refractivity contribution in [1.82, 2.24) is 5.32 Å². The average Bonchev–Trinajstić information content (AvgIpc) is 2.46. The maximum Gasteiger partial charge on any atom is 0.222 e. The van der Waals surface area contributed by atoms with E-state index >= 15 is 0 Å². The molecule has 1 unspecified atom stereocenters. The van der Waals surface area contributed by atoms with Crippen molar-refractivity contribution >= 4 is 27.5 Å². The van der Waals surface area contributed by atoms with Crippen molar-refractivity contribution in [2.75, 3.05) is 11.9 Å². The number of rotatable bonds is 2. The minimum atomic E-state index is 0.145. The highest BCUT2D eigenvalue weighted by molar-refractivity contribution is 9.10. The zero-order valence-corrected chi connectivity index (χ0v) is 10.6. The lowest BCUT2D eigenvalue weighted by atomic mass is 10.1. The molecule has 1 amide bonds. The second kappa shape index (κ2) is 5.34. The van der Waals surface area contributed by atoms with Crippen LogP contribution in [-0.2, 0) is 4.79 Å². The van der Waals surface area contributed by atoms with Crippen molar-refractivity contribution in [1.29, 1.82) is 0 Å². The molecule has 0 saturated carbocycles. The van der Waals surface area contributed by atoms with E-state index in [1.807, 2.05) is 24.3 Å². The van der Waals surface area contributed by atoms with E-state index in [0.29, 0.717) is 6.42 Å². The second-order valence-corrected chi connectivity index (χ2v) is 4.96. The van der Waals surface area contributed by atoms with E-state index in [1.54, 1.807) is 0 Å². The van der Waals surface area contributed by atoms with Gasteiger partial charge in [0.25, 0.3) is 0 Å². The first-order valence-electron chi connectivity index (χ1n) is 5.53. The highest BCUT2D eigenvalue weighted by Gasteiger charge is 2.16. The Balaban J connectivity index is 1.97. The molecule has 1 atom stereocenters. The Hall–Kier alpha value is -1.03. The standard InChI is InChI=1S/C12H15BrN2O/c13-9-3-5-10(6-4-9)15-11-2-1-7-14-12(16)8-11/h3-6,11,15H,1-2,7-8H2,(H,14,16). The molecule has 4 heteroatoms. The summed E-state index contributed by atoms with van der Waals surface area (Å²) in [6, 6.07) is 8.29. The molecule has 1 aliphatic rings. The second-order valence-electron chi connectivity index (χ2n) is 4.04. The number of halogens is 1. The number of carbonyl (C=O) groups is 1. The summed E-state index contributed by atoms with van der Waals surface area (Å²) in [7, 11) is 0. The van der Waals surface area contributed by atoms with E-state index in [9.17, 15) is 4.79 Å². The van der Waals surface area contributed by atoms with E-state index in [2.05, 4.69) is 26.6 Å². The minimum Gasteiger partial charge on any atom is -0.382 e. The summed E-state index contributed by atoms with van der Waals surface area (Å²) in [5, 5.41) is 6.28. The summed E-state index contributed by atoms with van der Waals surface area (Å²) in [5.74, 6) is 0.145. The van der Waals surface area contributed by atoms with Crippen LogP contribution in [0.4, 0.5) is 5.69 Å². The van der Waals surface area contributed by atoms with Gasteiger partial charge in [-0.15, -0.1) is 0 Å². The third-order valence-electron chi connectivity index (χ3n) is 2.70. The predicted molar refractivity (Wildman–Crippen MR) is 68.4 cm³/mol. The molecule has 1 aromatic rings. The average molecular weight is 283 g/mol. The lowest BCUT2D eigenvalue weighted by Crippen LogP contribution is -2.26. The molecule has 3 nitrogen and oxygen atoms in total. The molecule has 1 aliphatic heterocycles. The number of amides is 1.